The second-order valence-corrected chi connectivity index (χ2v) is 5.65. The molecule has 0 aliphatic heterocycles. The van der Waals surface area contributed by atoms with Crippen molar-refractivity contribution in [3.05, 3.63) is 0 Å². The summed E-state index contributed by atoms with van der Waals surface area (Å²) in [6.45, 7) is 0. The molecule has 1 fully saturated rings. The Balaban J connectivity index is 2.32. The standard InChI is InChI=1S/C7H12O4S/c1-12(10,11)4-5-2-6(3-5)7(8)9/h5-6H,2-4H2,1H3,(H,8,9). The van der Waals surface area contributed by atoms with Gasteiger partial charge in [-0.3, -0.25) is 4.79 Å². The highest BCUT2D eigenvalue weighted by Crippen LogP contribution is 2.34. The van der Waals surface area contributed by atoms with Crippen molar-refractivity contribution in [1.82, 2.24) is 0 Å². The SMILES string of the molecule is CS(=O)(=O)CC1CC(C(=O)O)C1. The van der Waals surface area contributed by atoms with Crippen LogP contribution in [0.1, 0.15) is 12.8 Å². The fraction of sp³-hybridized carbons (Fsp3) is 0.857. The number of aliphatic carboxylic acids is 1. The molecule has 12 heavy (non-hydrogen) atoms. The van der Waals surface area contributed by atoms with Crippen LogP contribution >= 0.6 is 0 Å². The maximum absolute atomic E-state index is 10.8. The Hall–Kier alpha value is -0.580. The van der Waals surface area contributed by atoms with Gasteiger partial charge in [0.15, 0.2) is 0 Å². The lowest BCUT2D eigenvalue weighted by atomic mass is 9.76. The molecule has 1 aliphatic carbocycles. The van der Waals surface area contributed by atoms with Crippen LogP contribution in [0.25, 0.3) is 0 Å². The third-order valence-electron chi connectivity index (χ3n) is 2.12. The molecule has 0 bridgehead atoms. The molecule has 0 aromatic carbocycles. The molecule has 0 heterocycles. The molecule has 4 nitrogen and oxygen atoms in total. The van der Waals surface area contributed by atoms with Gasteiger partial charge >= 0.3 is 5.97 Å². The van der Waals surface area contributed by atoms with Crippen molar-refractivity contribution in [2.24, 2.45) is 11.8 Å². The summed E-state index contributed by atoms with van der Waals surface area (Å²) in [4.78, 5) is 10.3. The Bertz CT molecular complexity index is 274. The van der Waals surface area contributed by atoms with Gasteiger partial charge in [-0.25, -0.2) is 8.42 Å². The van der Waals surface area contributed by atoms with Gasteiger partial charge in [0.05, 0.1) is 11.7 Å². The molecule has 1 aliphatic rings. The van der Waals surface area contributed by atoms with Gasteiger partial charge in [-0.2, -0.15) is 0 Å². The van der Waals surface area contributed by atoms with E-state index in [2.05, 4.69) is 0 Å². The average molecular weight is 192 g/mol. The minimum atomic E-state index is -2.93. The van der Waals surface area contributed by atoms with Crippen LogP contribution in [0.3, 0.4) is 0 Å². The Labute approximate surface area is 71.5 Å². The molecule has 0 atom stereocenters. The van der Waals surface area contributed by atoms with Crippen LogP contribution < -0.4 is 0 Å². The molecular formula is C7H12O4S. The van der Waals surface area contributed by atoms with Gasteiger partial charge in [-0.05, 0) is 18.8 Å². The Morgan fingerprint density at radius 1 is 1.50 bits per heavy atom. The van der Waals surface area contributed by atoms with E-state index >= 15 is 0 Å². The van der Waals surface area contributed by atoms with Crippen molar-refractivity contribution in [3.8, 4) is 0 Å². The zero-order valence-electron chi connectivity index (χ0n) is 6.86. The number of hydrogen-bond acceptors (Lipinski definition) is 3. The van der Waals surface area contributed by atoms with Crippen molar-refractivity contribution in [3.63, 3.8) is 0 Å². The third kappa shape index (κ3) is 2.48. The summed E-state index contributed by atoms with van der Waals surface area (Å²) >= 11 is 0. The minimum absolute atomic E-state index is 0.0705. The molecule has 0 saturated heterocycles. The maximum atomic E-state index is 10.8. The summed E-state index contributed by atoms with van der Waals surface area (Å²) in [6.07, 6.45) is 2.21. The zero-order chi connectivity index (χ0) is 9.35. The minimum Gasteiger partial charge on any atom is -0.481 e. The van der Waals surface area contributed by atoms with Gasteiger partial charge in [-0.15, -0.1) is 0 Å². The first-order valence-electron chi connectivity index (χ1n) is 3.79. The number of sulfone groups is 1. The van der Waals surface area contributed by atoms with Crippen molar-refractivity contribution in [2.75, 3.05) is 12.0 Å². The molecule has 1 saturated carbocycles. The number of carbonyl (C=O) groups is 1. The molecular weight excluding hydrogens is 180 g/mol. The summed E-state index contributed by atoms with van der Waals surface area (Å²) in [5.41, 5.74) is 0. The van der Waals surface area contributed by atoms with E-state index in [9.17, 15) is 13.2 Å². The van der Waals surface area contributed by atoms with Crippen LogP contribution in [0.2, 0.25) is 0 Å². The van der Waals surface area contributed by atoms with E-state index in [1.165, 1.54) is 6.26 Å². The monoisotopic (exact) mass is 192 g/mol. The quantitative estimate of drug-likeness (QED) is 0.690. The highest BCUT2D eigenvalue weighted by Gasteiger charge is 2.35. The summed E-state index contributed by atoms with van der Waals surface area (Å²) in [7, 11) is -2.93. The molecule has 0 unspecified atom stereocenters. The fourth-order valence-corrected chi connectivity index (χ4v) is 2.63. The molecule has 1 rings (SSSR count). The number of hydrogen-bond donors (Lipinski definition) is 1. The van der Waals surface area contributed by atoms with Crippen LogP contribution in [0.4, 0.5) is 0 Å². The molecule has 70 valence electrons. The summed E-state index contributed by atoms with van der Waals surface area (Å²) in [5.74, 6) is -0.908. The van der Waals surface area contributed by atoms with E-state index in [0.29, 0.717) is 12.8 Å². The van der Waals surface area contributed by atoms with E-state index in [4.69, 9.17) is 5.11 Å². The Kier molecular flexibility index (Phi) is 2.41. The normalized spacial score (nSPS) is 29.4. The number of carboxylic acids is 1. The predicted molar refractivity (Wildman–Crippen MR) is 43.6 cm³/mol. The van der Waals surface area contributed by atoms with Crippen molar-refractivity contribution < 1.29 is 18.3 Å². The summed E-state index contributed by atoms with van der Waals surface area (Å²) in [6, 6.07) is 0. The van der Waals surface area contributed by atoms with Gasteiger partial charge in [-0.1, -0.05) is 0 Å². The van der Waals surface area contributed by atoms with Gasteiger partial charge < -0.3 is 5.11 Å². The lowest BCUT2D eigenvalue weighted by molar-refractivity contribution is -0.146. The average Bonchev–Trinajstić information content (AvgIpc) is 1.74. The molecule has 0 aromatic heterocycles. The first-order chi connectivity index (χ1) is 5.38. The fourth-order valence-electron chi connectivity index (χ4n) is 1.50. The smallest absolute Gasteiger partial charge is 0.306 e. The van der Waals surface area contributed by atoms with Gasteiger partial charge in [0.2, 0.25) is 0 Å². The van der Waals surface area contributed by atoms with E-state index in [1.807, 2.05) is 0 Å². The molecule has 5 heteroatoms. The molecule has 0 radical (unpaired) electrons. The van der Waals surface area contributed by atoms with Crippen molar-refractivity contribution in [2.45, 2.75) is 12.8 Å². The van der Waals surface area contributed by atoms with E-state index < -0.39 is 15.8 Å². The van der Waals surface area contributed by atoms with E-state index in [0.717, 1.165) is 0 Å². The first-order valence-corrected chi connectivity index (χ1v) is 5.85. The first kappa shape index (κ1) is 9.51. The number of rotatable bonds is 3. The third-order valence-corrected chi connectivity index (χ3v) is 3.20. The van der Waals surface area contributed by atoms with Crippen LogP contribution in [-0.2, 0) is 14.6 Å². The second-order valence-electron chi connectivity index (χ2n) is 3.47. The van der Waals surface area contributed by atoms with Crippen LogP contribution in [0.5, 0.6) is 0 Å². The second kappa shape index (κ2) is 3.05. The topological polar surface area (TPSA) is 71.4 Å². The molecule has 0 amide bonds. The summed E-state index contributed by atoms with van der Waals surface area (Å²) < 4.78 is 21.5. The van der Waals surface area contributed by atoms with Crippen LogP contribution in [0, 0.1) is 11.8 Å². The highest BCUT2D eigenvalue weighted by atomic mass is 32.2. The summed E-state index contributed by atoms with van der Waals surface area (Å²) in [5, 5.41) is 8.50. The van der Waals surface area contributed by atoms with Crippen molar-refractivity contribution >= 4 is 15.8 Å². The Morgan fingerprint density at radius 3 is 2.33 bits per heavy atom. The number of carboxylic acid groups (broad SMARTS) is 1. The van der Waals surface area contributed by atoms with E-state index in [1.54, 1.807) is 0 Å². The van der Waals surface area contributed by atoms with Crippen LogP contribution in [-0.4, -0.2) is 31.5 Å². The lowest BCUT2D eigenvalue weighted by Gasteiger charge is -2.31. The maximum Gasteiger partial charge on any atom is 0.306 e. The zero-order valence-corrected chi connectivity index (χ0v) is 7.67. The predicted octanol–water partition coefficient (Wildman–Crippen LogP) is 0.142. The lowest BCUT2D eigenvalue weighted by Crippen LogP contribution is -2.34. The van der Waals surface area contributed by atoms with Gasteiger partial charge in [0.1, 0.15) is 9.84 Å². The van der Waals surface area contributed by atoms with E-state index in [-0.39, 0.29) is 17.6 Å². The van der Waals surface area contributed by atoms with Crippen LogP contribution in [0.15, 0.2) is 0 Å². The van der Waals surface area contributed by atoms with Crippen molar-refractivity contribution in [1.29, 1.82) is 0 Å². The highest BCUT2D eigenvalue weighted by molar-refractivity contribution is 7.90. The molecule has 1 N–H and O–H groups in total. The Morgan fingerprint density at radius 2 is 2.00 bits per heavy atom. The van der Waals surface area contributed by atoms with Gasteiger partial charge in [0, 0.05) is 6.26 Å². The molecule has 0 aromatic rings. The molecule has 0 spiro atoms. The largest absolute Gasteiger partial charge is 0.481 e. The van der Waals surface area contributed by atoms with Gasteiger partial charge in [0.25, 0.3) is 0 Å².